The Balaban J connectivity index is 2.10. The number of rotatable bonds is 6. The van der Waals surface area contributed by atoms with E-state index in [-0.39, 0.29) is 0 Å². The molecule has 6 heteroatoms. The Bertz CT molecular complexity index is 926. The lowest BCUT2D eigenvalue weighted by atomic mass is 10.0. The highest BCUT2D eigenvalue weighted by Crippen LogP contribution is 2.26. The number of nitrogens with one attached hydrogen (secondary N) is 1. The van der Waals surface area contributed by atoms with Crippen molar-refractivity contribution in [2.75, 3.05) is 6.61 Å². The standard InChI is InChI=1S/C18H20N4OS/c1-3-7-17-20-21-18(24)22(17)19-12-15-14-9-6-5-8-13(14)10-11-16(15)23-4-2/h5-6,8-12H,3-4,7H2,1-2H3,(H,21,24)/b19-12+. The van der Waals surface area contributed by atoms with Crippen LogP contribution in [-0.4, -0.2) is 27.7 Å². The molecule has 0 saturated heterocycles. The molecule has 124 valence electrons. The molecule has 5 nitrogen and oxygen atoms in total. The molecule has 0 aliphatic carbocycles. The van der Waals surface area contributed by atoms with Gasteiger partial charge in [-0.15, -0.1) is 0 Å². The Hall–Kier alpha value is -2.47. The van der Waals surface area contributed by atoms with Crippen molar-refractivity contribution in [3.05, 3.63) is 52.6 Å². The van der Waals surface area contributed by atoms with Crippen LogP contribution in [0.15, 0.2) is 41.5 Å². The van der Waals surface area contributed by atoms with E-state index in [1.54, 1.807) is 10.9 Å². The second-order valence-electron chi connectivity index (χ2n) is 5.38. The van der Waals surface area contributed by atoms with Gasteiger partial charge in [0, 0.05) is 12.0 Å². The smallest absolute Gasteiger partial charge is 0.216 e. The number of aryl methyl sites for hydroxylation is 1. The predicted octanol–water partition coefficient (Wildman–Crippen LogP) is 4.33. The van der Waals surface area contributed by atoms with Crippen LogP contribution in [0.25, 0.3) is 10.8 Å². The van der Waals surface area contributed by atoms with Crippen LogP contribution in [-0.2, 0) is 6.42 Å². The molecule has 0 bridgehead atoms. The molecule has 0 amide bonds. The molecule has 24 heavy (non-hydrogen) atoms. The molecule has 0 spiro atoms. The average Bonchev–Trinajstić information content (AvgIpc) is 2.94. The number of aromatic nitrogens is 3. The summed E-state index contributed by atoms with van der Waals surface area (Å²) in [6, 6.07) is 12.2. The van der Waals surface area contributed by atoms with E-state index in [0.717, 1.165) is 40.8 Å². The number of nitrogens with zero attached hydrogens (tertiary/aromatic N) is 3. The Morgan fingerprint density at radius 1 is 1.25 bits per heavy atom. The van der Waals surface area contributed by atoms with Gasteiger partial charge in [0.2, 0.25) is 4.77 Å². The van der Waals surface area contributed by atoms with Gasteiger partial charge in [-0.1, -0.05) is 37.3 Å². The summed E-state index contributed by atoms with van der Waals surface area (Å²) in [5.74, 6) is 1.64. The maximum atomic E-state index is 5.77. The van der Waals surface area contributed by atoms with Gasteiger partial charge in [-0.2, -0.15) is 14.9 Å². The summed E-state index contributed by atoms with van der Waals surface area (Å²) in [5, 5.41) is 13.8. The molecular weight excluding hydrogens is 320 g/mol. The van der Waals surface area contributed by atoms with E-state index in [0.29, 0.717) is 11.4 Å². The summed E-state index contributed by atoms with van der Waals surface area (Å²) in [6.45, 7) is 4.68. The van der Waals surface area contributed by atoms with Gasteiger partial charge in [-0.05, 0) is 42.4 Å². The lowest BCUT2D eigenvalue weighted by Gasteiger charge is -2.10. The zero-order valence-electron chi connectivity index (χ0n) is 13.8. The van der Waals surface area contributed by atoms with Gasteiger partial charge in [-0.25, -0.2) is 0 Å². The fraction of sp³-hybridized carbons (Fsp3) is 0.278. The Labute approximate surface area is 146 Å². The van der Waals surface area contributed by atoms with E-state index in [1.165, 1.54) is 0 Å². The molecule has 0 unspecified atom stereocenters. The summed E-state index contributed by atoms with van der Waals surface area (Å²) in [6.07, 6.45) is 3.60. The number of hydrogen-bond acceptors (Lipinski definition) is 4. The van der Waals surface area contributed by atoms with Gasteiger partial charge >= 0.3 is 0 Å². The minimum absolute atomic E-state index is 0.493. The predicted molar refractivity (Wildman–Crippen MR) is 99.5 cm³/mol. The van der Waals surface area contributed by atoms with E-state index >= 15 is 0 Å². The third kappa shape index (κ3) is 3.23. The summed E-state index contributed by atoms with van der Waals surface area (Å²) >= 11 is 5.28. The van der Waals surface area contributed by atoms with E-state index in [4.69, 9.17) is 17.0 Å². The van der Waals surface area contributed by atoms with Crippen LogP contribution in [0.3, 0.4) is 0 Å². The first kappa shape index (κ1) is 16.4. The monoisotopic (exact) mass is 340 g/mol. The Morgan fingerprint density at radius 2 is 2.08 bits per heavy atom. The van der Waals surface area contributed by atoms with Gasteiger partial charge in [0.05, 0.1) is 12.8 Å². The minimum atomic E-state index is 0.493. The summed E-state index contributed by atoms with van der Waals surface area (Å²) in [4.78, 5) is 0. The molecule has 0 aliphatic heterocycles. The lowest BCUT2D eigenvalue weighted by Crippen LogP contribution is -2.01. The van der Waals surface area contributed by atoms with E-state index in [9.17, 15) is 0 Å². The highest BCUT2D eigenvalue weighted by molar-refractivity contribution is 7.71. The van der Waals surface area contributed by atoms with Gasteiger partial charge in [0.1, 0.15) is 5.75 Å². The Kier molecular flexibility index (Phi) is 5.05. The van der Waals surface area contributed by atoms with Crippen molar-refractivity contribution >= 4 is 29.2 Å². The number of benzene rings is 2. The molecule has 0 aliphatic rings. The quantitative estimate of drug-likeness (QED) is 0.537. The highest BCUT2D eigenvalue weighted by atomic mass is 32.1. The van der Waals surface area contributed by atoms with Crippen molar-refractivity contribution in [2.45, 2.75) is 26.7 Å². The van der Waals surface area contributed by atoms with Crippen LogP contribution in [0, 0.1) is 4.77 Å². The Morgan fingerprint density at radius 3 is 2.88 bits per heavy atom. The van der Waals surface area contributed by atoms with Crippen molar-refractivity contribution in [1.82, 2.24) is 14.9 Å². The minimum Gasteiger partial charge on any atom is -0.493 e. The third-order valence-electron chi connectivity index (χ3n) is 3.72. The number of hydrogen-bond donors (Lipinski definition) is 1. The topological polar surface area (TPSA) is 55.2 Å². The van der Waals surface area contributed by atoms with Crippen LogP contribution >= 0.6 is 12.2 Å². The van der Waals surface area contributed by atoms with Gasteiger partial charge < -0.3 is 4.74 Å². The second kappa shape index (κ2) is 7.40. The molecule has 1 aromatic heterocycles. The molecule has 0 saturated carbocycles. The average molecular weight is 340 g/mol. The fourth-order valence-corrected chi connectivity index (χ4v) is 2.83. The first-order valence-corrected chi connectivity index (χ1v) is 8.50. The van der Waals surface area contributed by atoms with Crippen LogP contribution < -0.4 is 4.74 Å². The second-order valence-corrected chi connectivity index (χ2v) is 5.77. The van der Waals surface area contributed by atoms with Crippen molar-refractivity contribution < 1.29 is 4.74 Å². The van der Waals surface area contributed by atoms with Crippen LogP contribution in [0.4, 0.5) is 0 Å². The van der Waals surface area contributed by atoms with Crippen molar-refractivity contribution in [3.63, 3.8) is 0 Å². The molecule has 3 rings (SSSR count). The molecule has 3 aromatic rings. The van der Waals surface area contributed by atoms with Crippen molar-refractivity contribution in [1.29, 1.82) is 0 Å². The molecule has 0 atom stereocenters. The van der Waals surface area contributed by atoms with Crippen molar-refractivity contribution in [2.24, 2.45) is 5.10 Å². The normalized spacial score (nSPS) is 11.4. The molecular formula is C18H20N4OS. The first-order valence-electron chi connectivity index (χ1n) is 8.09. The summed E-state index contributed by atoms with van der Waals surface area (Å²) in [7, 11) is 0. The van der Waals surface area contributed by atoms with Crippen LogP contribution in [0.2, 0.25) is 0 Å². The van der Waals surface area contributed by atoms with Gasteiger partial charge in [0.25, 0.3) is 0 Å². The maximum Gasteiger partial charge on any atom is 0.216 e. The molecule has 2 aromatic carbocycles. The molecule has 1 heterocycles. The maximum absolute atomic E-state index is 5.77. The SMILES string of the molecule is CCCc1n[nH]c(=S)n1/N=C/c1c(OCC)ccc2ccccc12. The van der Waals surface area contributed by atoms with E-state index in [1.807, 2.05) is 25.1 Å². The third-order valence-corrected chi connectivity index (χ3v) is 3.99. The summed E-state index contributed by atoms with van der Waals surface area (Å²) < 4.78 is 7.94. The molecule has 1 N–H and O–H groups in total. The number of ether oxygens (including phenoxy) is 1. The molecule has 0 radical (unpaired) electrons. The first-order chi connectivity index (χ1) is 11.7. The van der Waals surface area contributed by atoms with E-state index < -0.39 is 0 Å². The number of fused-ring (bicyclic) bond motifs is 1. The largest absolute Gasteiger partial charge is 0.493 e. The van der Waals surface area contributed by atoms with Crippen LogP contribution in [0.5, 0.6) is 5.75 Å². The highest BCUT2D eigenvalue weighted by Gasteiger charge is 2.08. The van der Waals surface area contributed by atoms with Gasteiger partial charge in [0.15, 0.2) is 5.82 Å². The summed E-state index contributed by atoms with van der Waals surface area (Å²) in [5.41, 5.74) is 0.945. The number of aromatic amines is 1. The van der Waals surface area contributed by atoms with E-state index in [2.05, 4.69) is 40.4 Å². The van der Waals surface area contributed by atoms with Crippen molar-refractivity contribution in [3.8, 4) is 5.75 Å². The van der Waals surface area contributed by atoms with Gasteiger partial charge in [-0.3, -0.25) is 5.10 Å². The van der Waals surface area contributed by atoms with Crippen LogP contribution in [0.1, 0.15) is 31.7 Å². The molecule has 0 fully saturated rings. The number of H-pyrrole nitrogens is 1. The zero-order chi connectivity index (χ0) is 16.9. The fourth-order valence-electron chi connectivity index (χ4n) is 2.63. The lowest BCUT2D eigenvalue weighted by molar-refractivity contribution is 0.340. The zero-order valence-corrected chi connectivity index (χ0v) is 14.6.